The van der Waals surface area contributed by atoms with Gasteiger partial charge in [0.25, 0.3) is 0 Å². The summed E-state index contributed by atoms with van der Waals surface area (Å²) in [6.07, 6.45) is 5.39. The average Bonchev–Trinajstić information content (AvgIpc) is 2.85. The molecule has 1 aliphatic rings. The van der Waals surface area contributed by atoms with E-state index in [9.17, 15) is 4.79 Å². The normalized spacial score (nSPS) is 17.5. The highest BCUT2D eigenvalue weighted by atomic mass is 32.2. The third kappa shape index (κ3) is 2.97. The van der Waals surface area contributed by atoms with Crippen LogP contribution in [0, 0.1) is 6.92 Å². The molecule has 1 aromatic carbocycles. The van der Waals surface area contributed by atoms with E-state index in [1.54, 1.807) is 0 Å². The van der Waals surface area contributed by atoms with E-state index in [0.717, 1.165) is 30.1 Å². The Bertz CT molecular complexity index is 666. The second-order valence-corrected chi connectivity index (χ2v) is 6.30. The van der Waals surface area contributed by atoms with Crippen molar-refractivity contribution < 1.29 is 9.90 Å². The molecule has 0 saturated carbocycles. The average molecular weight is 302 g/mol. The maximum atomic E-state index is 10.8. The zero-order valence-corrected chi connectivity index (χ0v) is 12.8. The van der Waals surface area contributed by atoms with E-state index in [4.69, 9.17) is 5.11 Å². The molecule has 0 fully saturated rings. The number of thioether (sulfide) groups is 1. The Morgan fingerprint density at radius 1 is 1.48 bits per heavy atom. The number of carboxylic acids is 1. The number of fused-ring (bicyclic) bond motifs is 1. The number of imidazole rings is 1. The van der Waals surface area contributed by atoms with Gasteiger partial charge in [0, 0.05) is 6.20 Å². The summed E-state index contributed by atoms with van der Waals surface area (Å²) in [5.41, 5.74) is 3.68. The summed E-state index contributed by atoms with van der Waals surface area (Å²) in [6.45, 7) is 1.95. The minimum absolute atomic E-state index is 0.0464. The Hall–Kier alpha value is -1.75. The first-order chi connectivity index (χ1) is 10.1. The van der Waals surface area contributed by atoms with Crippen LogP contribution < -0.4 is 0 Å². The van der Waals surface area contributed by atoms with Crippen LogP contribution in [-0.2, 0) is 11.2 Å². The molecule has 1 aromatic heterocycles. The molecule has 110 valence electrons. The molecule has 4 nitrogen and oxygen atoms in total. The lowest BCUT2D eigenvalue weighted by Crippen LogP contribution is -2.17. The van der Waals surface area contributed by atoms with E-state index in [1.165, 1.54) is 22.9 Å². The molecular formula is C16H18N2O2S. The van der Waals surface area contributed by atoms with Crippen LogP contribution in [0.4, 0.5) is 0 Å². The third-order valence-corrected chi connectivity index (χ3v) is 4.77. The second kappa shape index (κ2) is 5.93. The van der Waals surface area contributed by atoms with Crippen molar-refractivity contribution in [2.24, 2.45) is 0 Å². The first-order valence-corrected chi connectivity index (χ1v) is 8.11. The van der Waals surface area contributed by atoms with Crippen molar-refractivity contribution in [3.8, 4) is 0 Å². The van der Waals surface area contributed by atoms with Crippen LogP contribution in [0.25, 0.3) is 0 Å². The predicted molar refractivity (Wildman–Crippen MR) is 82.8 cm³/mol. The second-order valence-electron chi connectivity index (χ2n) is 5.36. The first kappa shape index (κ1) is 14.2. The van der Waals surface area contributed by atoms with Crippen LogP contribution in [0.3, 0.4) is 0 Å². The number of rotatable bonds is 4. The molecule has 0 amide bonds. The summed E-state index contributed by atoms with van der Waals surface area (Å²) in [6, 6.07) is 8.80. The molecule has 5 heteroatoms. The molecule has 0 bridgehead atoms. The molecule has 0 aliphatic heterocycles. The Labute approximate surface area is 128 Å². The van der Waals surface area contributed by atoms with Crippen molar-refractivity contribution >= 4 is 17.7 Å². The SMILES string of the molecule is Cc1cn(C2CCCc3ccccc32)c(SCC(=O)O)n1. The fourth-order valence-electron chi connectivity index (χ4n) is 2.97. The van der Waals surface area contributed by atoms with Gasteiger partial charge in [0.2, 0.25) is 0 Å². The van der Waals surface area contributed by atoms with Gasteiger partial charge in [-0.2, -0.15) is 0 Å². The molecule has 21 heavy (non-hydrogen) atoms. The third-order valence-electron chi connectivity index (χ3n) is 3.82. The Balaban J connectivity index is 1.96. The molecule has 3 rings (SSSR count). The van der Waals surface area contributed by atoms with Gasteiger partial charge >= 0.3 is 5.97 Å². The maximum Gasteiger partial charge on any atom is 0.313 e. The topological polar surface area (TPSA) is 55.1 Å². The van der Waals surface area contributed by atoms with Gasteiger partial charge < -0.3 is 9.67 Å². The van der Waals surface area contributed by atoms with Gasteiger partial charge in [0.15, 0.2) is 5.16 Å². The number of aromatic nitrogens is 2. The molecule has 1 atom stereocenters. The van der Waals surface area contributed by atoms with Gasteiger partial charge in [0.05, 0.1) is 17.5 Å². The van der Waals surface area contributed by atoms with E-state index >= 15 is 0 Å². The molecule has 1 heterocycles. The number of benzene rings is 1. The van der Waals surface area contributed by atoms with Gasteiger partial charge in [-0.3, -0.25) is 4.79 Å². The number of aryl methyl sites for hydroxylation is 2. The number of nitrogens with zero attached hydrogens (tertiary/aromatic N) is 2. The number of carboxylic acid groups (broad SMARTS) is 1. The van der Waals surface area contributed by atoms with Crippen molar-refractivity contribution in [3.05, 3.63) is 47.3 Å². The Morgan fingerprint density at radius 3 is 3.10 bits per heavy atom. The molecule has 1 aliphatic carbocycles. The van der Waals surface area contributed by atoms with Crippen LogP contribution in [0.2, 0.25) is 0 Å². The zero-order chi connectivity index (χ0) is 14.8. The lowest BCUT2D eigenvalue weighted by atomic mass is 9.87. The predicted octanol–water partition coefficient (Wildman–Crippen LogP) is 3.29. The zero-order valence-electron chi connectivity index (χ0n) is 12.0. The summed E-state index contributed by atoms with van der Waals surface area (Å²) in [4.78, 5) is 15.3. The summed E-state index contributed by atoms with van der Waals surface area (Å²) < 4.78 is 2.15. The highest BCUT2D eigenvalue weighted by Crippen LogP contribution is 2.35. The molecule has 1 unspecified atom stereocenters. The summed E-state index contributed by atoms with van der Waals surface area (Å²) in [7, 11) is 0. The number of aliphatic carboxylic acids is 1. The Kier molecular flexibility index (Phi) is 4.01. The fraction of sp³-hybridized carbons (Fsp3) is 0.375. The Morgan fingerprint density at radius 2 is 2.29 bits per heavy atom. The van der Waals surface area contributed by atoms with Crippen LogP contribution in [-0.4, -0.2) is 26.4 Å². The summed E-state index contributed by atoms with van der Waals surface area (Å²) in [5.74, 6) is -0.763. The minimum atomic E-state index is -0.809. The highest BCUT2D eigenvalue weighted by Gasteiger charge is 2.24. The van der Waals surface area contributed by atoms with Crippen molar-refractivity contribution in [2.75, 3.05) is 5.75 Å². The van der Waals surface area contributed by atoms with Crippen molar-refractivity contribution in [1.82, 2.24) is 9.55 Å². The van der Waals surface area contributed by atoms with Crippen molar-refractivity contribution in [1.29, 1.82) is 0 Å². The van der Waals surface area contributed by atoms with E-state index in [0.29, 0.717) is 0 Å². The van der Waals surface area contributed by atoms with Crippen molar-refractivity contribution in [3.63, 3.8) is 0 Å². The lowest BCUT2D eigenvalue weighted by Gasteiger charge is -2.27. The van der Waals surface area contributed by atoms with E-state index in [-0.39, 0.29) is 11.8 Å². The monoisotopic (exact) mass is 302 g/mol. The van der Waals surface area contributed by atoms with E-state index in [1.807, 2.05) is 13.1 Å². The van der Waals surface area contributed by atoms with E-state index in [2.05, 4.69) is 33.8 Å². The van der Waals surface area contributed by atoms with Crippen molar-refractivity contribution in [2.45, 2.75) is 37.4 Å². The molecule has 0 saturated heterocycles. The quantitative estimate of drug-likeness (QED) is 0.881. The van der Waals surface area contributed by atoms with Gasteiger partial charge in [-0.1, -0.05) is 36.0 Å². The fourth-order valence-corrected chi connectivity index (χ4v) is 3.76. The summed E-state index contributed by atoms with van der Waals surface area (Å²) >= 11 is 1.30. The number of hydrogen-bond acceptors (Lipinski definition) is 3. The van der Waals surface area contributed by atoms with Crippen LogP contribution in [0.5, 0.6) is 0 Å². The summed E-state index contributed by atoms with van der Waals surface area (Å²) in [5, 5.41) is 9.69. The highest BCUT2D eigenvalue weighted by molar-refractivity contribution is 7.99. The standard InChI is InChI=1S/C16H18N2O2S/c1-11-9-18(16(17-11)21-10-15(19)20)14-8-4-6-12-5-2-3-7-13(12)14/h2-3,5,7,9,14H,4,6,8,10H2,1H3,(H,19,20). The lowest BCUT2D eigenvalue weighted by molar-refractivity contribution is -0.133. The molecule has 0 spiro atoms. The smallest absolute Gasteiger partial charge is 0.313 e. The molecule has 0 radical (unpaired) electrons. The van der Waals surface area contributed by atoms with Gasteiger partial charge in [-0.15, -0.1) is 0 Å². The van der Waals surface area contributed by atoms with E-state index < -0.39 is 5.97 Å². The molecule has 2 aromatic rings. The molecule has 1 N–H and O–H groups in total. The number of hydrogen-bond donors (Lipinski definition) is 1. The molecular weight excluding hydrogens is 284 g/mol. The minimum Gasteiger partial charge on any atom is -0.481 e. The van der Waals surface area contributed by atoms with Gasteiger partial charge in [-0.25, -0.2) is 4.98 Å². The number of carbonyl (C=O) groups is 1. The van der Waals surface area contributed by atoms with Crippen LogP contribution in [0.1, 0.15) is 35.7 Å². The van der Waals surface area contributed by atoms with Crippen LogP contribution >= 0.6 is 11.8 Å². The maximum absolute atomic E-state index is 10.8. The largest absolute Gasteiger partial charge is 0.481 e. The first-order valence-electron chi connectivity index (χ1n) is 7.13. The van der Waals surface area contributed by atoms with Crippen LogP contribution in [0.15, 0.2) is 35.6 Å². The van der Waals surface area contributed by atoms with Gasteiger partial charge in [-0.05, 0) is 37.3 Å². The van der Waals surface area contributed by atoms with Gasteiger partial charge in [0.1, 0.15) is 0 Å².